The Labute approximate surface area is 199 Å². The second-order valence-corrected chi connectivity index (χ2v) is 8.72. The molecule has 1 aromatic carbocycles. The van der Waals surface area contributed by atoms with E-state index >= 15 is 8.78 Å². The molecule has 2 heterocycles. The number of unbranched alkanes of at least 4 members (excludes halogenated alkanes) is 2. The molecule has 1 aliphatic rings. The molecule has 0 spiro atoms. The second-order valence-electron chi connectivity index (χ2n) is 8.72. The van der Waals surface area contributed by atoms with Crippen LogP contribution in [-0.4, -0.2) is 42.4 Å². The lowest BCUT2D eigenvalue weighted by atomic mass is 9.93. The van der Waals surface area contributed by atoms with Gasteiger partial charge in [0.1, 0.15) is 11.6 Å². The van der Waals surface area contributed by atoms with Crippen LogP contribution in [0.2, 0.25) is 0 Å². The molecule has 0 atom stereocenters. The van der Waals surface area contributed by atoms with Gasteiger partial charge in [-0.2, -0.15) is 4.98 Å². The molecule has 1 aliphatic heterocycles. The lowest BCUT2D eigenvalue weighted by molar-refractivity contribution is -0.138. The molecule has 0 amide bonds. The smallest absolute Gasteiger partial charge is 0.303 e. The van der Waals surface area contributed by atoms with Gasteiger partial charge in [-0.3, -0.25) is 4.79 Å². The van der Waals surface area contributed by atoms with E-state index in [-0.39, 0.29) is 29.3 Å². The molecule has 1 fully saturated rings. The van der Waals surface area contributed by atoms with Gasteiger partial charge in [-0.05, 0) is 49.8 Å². The Hall–Kier alpha value is -2.90. The van der Waals surface area contributed by atoms with Gasteiger partial charge in [0, 0.05) is 31.3 Å². The zero-order valence-electron chi connectivity index (χ0n) is 20.0. The summed E-state index contributed by atoms with van der Waals surface area (Å²) in [6.07, 6.45) is 5.06. The maximum atomic E-state index is 15.3. The standard InChI is InChI=1S/C26H34F2N2O4/c1-3-5-13-33-23-8-7-20(26(29-23)34-14-6-4-2)25-21(27)16-19(17-22(25)28)30-11-9-18(10-12-30)15-24(31)32/h7-8,16-18H,3-6,9-15H2,1-2H3,(H,31,32). The maximum Gasteiger partial charge on any atom is 0.303 e. The highest BCUT2D eigenvalue weighted by Crippen LogP contribution is 2.37. The van der Waals surface area contributed by atoms with E-state index in [1.54, 1.807) is 12.1 Å². The number of rotatable bonds is 12. The molecular formula is C26H34F2N2O4. The Balaban J connectivity index is 1.83. The Morgan fingerprint density at radius 2 is 1.68 bits per heavy atom. The molecule has 1 saturated heterocycles. The fourth-order valence-electron chi connectivity index (χ4n) is 4.08. The highest BCUT2D eigenvalue weighted by Gasteiger charge is 2.25. The largest absolute Gasteiger partial charge is 0.481 e. The fourth-order valence-corrected chi connectivity index (χ4v) is 4.08. The van der Waals surface area contributed by atoms with Gasteiger partial charge >= 0.3 is 5.97 Å². The molecule has 3 rings (SSSR count). The van der Waals surface area contributed by atoms with Crippen LogP contribution in [0.5, 0.6) is 11.8 Å². The van der Waals surface area contributed by atoms with E-state index in [0.717, 1.165) is 25.7 Å². The summed E-state index contributed by atoms with van der Waals surface area (Å²) in [5.74, 6) is -1.58. The van der Waals surface area contributed by atoms with Crippen LogP contribution >= 0.6 is 0 Å². The number of halogens is 2. The number of aliphatic carboxylic acids is 1. The van der Waals surface area contributed by atoms with Crippen molar-refractivity contribution in [3.05, 3.63) is 35.9 Å². The Morgan fingerprint density at radius 1 is 1.06 bits per heavy atom. The second kappa shape index (κ2) is 12.5. The summed E-state index contributed by atoms with van der Waals surface area (Å²) in [6, 6.07) is 5.86. The van der Waals surface area contributed by atoms with Crippen molar-refractivity contribution in [1.82, 2.24) is 4.98 Å². The Morgan fingerprint density at radius 3 is 2.26 bits per heavy atom. The molecule has 8 heteroatoms. The normalized spacial score (nSPS) is 14.3. The number of pyridine rings is 1. The SMILES string of the molecule is CCCCOc1ccc(-c2c(F)cc(N3CCC(CC(=O)O)CC3)cc2F)c(OCCCC)n1. The highest BCUT2D eigenvalue weighted by atomic mass is 19.1. The van der Waals surface area contributed by atoms with Crippen molar-refractivity contribution < 1.29 is 28.2 Å². The summed E-state index contributed by atoms with van der Waals surface area (Å²) >= 11 is 0. The first-order valence-electron chi connectivity index (χ1n) is 12.2. The zero-order chi connectivity index (χ0) is 24.5. The van der Waals surface area contributed by atoms with Crippen LogP contribution in [0, 0.1) is 17.6 Å². The van der Waals surface area contributed by atoms with Crippen LogP contribution in [0.1, 0.15) is 58.8 Å². The number of aromatic nitrogens is 1. The predicted octanol–water partition coefficient (Wildman–Crippen LogP) is 6.08. The minimum atomic E-state index is -0.813. The number of piperidine rings is 1. The van der Waals surface area contributed by atoms with Gasteiger partial charge in [-0.1, -0.05) is 26.7 Å². The summed E-state index contributed by atoms with van der Waals surface area (Å²) in [6.45, 7) is 6.12. The molecule has 0 unspecified atom stereocenters. The molecular weight excluding hydrogens is 442 g/mol. The maximum absolute atomic E-state index is 15.3. The van der Waals surface area contributed by atoms with Crippen LogP contribution in [0.3, 0.4) is 0 Å². The topological polar surface area (TPSA) is 71.9 Å². The van der Waals surface area contributed by atoms with Gasteiger partial charge < -0.3 is 19.5 Å². The van der Waals surface area contributed by atoms with Gasteiger partial charge in [0.25, 0.3) is 0 Å². The quantitative estimate of drug-likeness (QED) is 0.375. The molecule has 1 aromatic heterocycles. The molecule has 6 nitrogen and oxygen atoms in total. The monoisotopic (exact) mass is 476 g/mol. The number of hydrogen-bond acceptors (Lipinski definition) is 5. The van der Waals surface area contributed by atoms with Crippen LogP contribution in [0.15, 0.2) is 24.3 Å². The zero-order valence-corrected chi connectivity index (χ0v) is 20.0. The molecule has 0 saturated carbocycles. The molecule has 34 heavy (non-hydrogen) atoms. The molecule has 2 aromatic rings. The predicted molar refractivity (Wildman–Crippen MR) is 128 cm³/mol. The van der Waals surface area contributed by atoms with E-state index in [1.165, 1.54) is 12.1 Å². The molecule has 1 N–H and O–H groups in total. The van der Waals surface area contributed by atoms with Crippen molar-refractivity contribution >= 4 is 11.7 Å². The molecule has 0 radical (unpaired) electrons. The fraction of sp³-hybridized carbons (Fsp3) is 0.538. The number of carboxylic acids is 1. The summed E-state index contributed by atoms with van der Waals surface area (Å²) in [5, 5.41) is 8.99. The van der Waals surface area contributed by atoms with Gasteiger partial charge in [0.05, 0.1) is 24.3 Å². The number of anilines is 1. The molecule has 186 valence electrons. The Kier molecular flexibility index (Phi) is 9.48. The number of carbonyl (C=O) groups is 1. The van der Waals surface area contributed by atoms with Crippen molar-refractivity contribution in [2.24, 2.45) is 5.92 Å². The molecule has 0 bridgehead atoms. The molecule has 0 aliphatic carbocycles. The van der Waals surface area contributed by atoms with Crippen molar-refractivity contribution in [3.63, 3.8) is 0 Å². The van der Waals surface area contributed by atoms with Crippen LogP contribution in [0.25, 0.3) is 11.1 Å². The van der Waals surface area contributed by atoms with Crippen molar-refractivity contribution in [2.75, 3.05) is 31.2 Å². The summed E-state index contributed by atoms with van der Waals surface area (Å²) < 4.78 is 42.0. The van der Waals surface area contributed by atoms with Crippen molar-refractivity contribution in [3.8, 4) is 22.9 Å². The van der Waals surface area contributed by atoms with E-state index in [4.69, 9.17) is 14.6 Å². The average molecular weight is 477 g/mol. The summed E-state index contributed by atoms with van der Waals surface area (Å²) in [7, 11) is 0. The Bertz CT molecular complexity index is 939. The lowest BCUT2D eigenvalue weighted by Crippen LogP contribution is -2.34. The van der Waals surface area contributed by atoms with Crippen LogP contribution in [0.4, 0.5) is 14.5 Å². The number of nitrogens with zero attached hydrogens (tertiary/aromatic N) is 2. The third-order valence-electron chi connectivity index (χ3n) is 6.06. The third kappa shape index (κ3) is 6.81. The van der Waals surface area contributed by atoms with Crippen LogP contribution in [-0.2, 0) is 4.79 Å². The first-order chi connectivity index (χ1) is 16.4. The van der Waals surface area contributed by atoms with E-state index in [9.17, 15) is 4.79 Å². The van der Waals surface area contributed by atoms with Gasteiger partial charge in [-0.25, -0.2) is 8.78 Å². The minimum Gasteiger partial charge on any atom is -0.481 e. The van der Waals surface area contributed by atoms with Crippen molar-refractivity contribution in [1.29, 1.82) is 0 Å². The van der Waals surface area contributed by atoms with E-state index in [0.29, 0.717) is 50.7 Å². The number of benzene rings is 1. The van der Waals surface area contributed by atoms with Gasteiger partial charge in [0.2, 0.25) is 11.8 Å². The van der Waals surface area contributed by atoms with E-state index < -0.39 is 17.6 Å². The van der Waals surface area contributed by atoms with Gasteiger partial charge in [0.15, 0.2) is 0 Å². The average Bonchev–Trinajstić information content (AvgIpc) is 2.80. The minimum absolute atomic E-state index is 0.0923. The van der Waals surface area contributed by atoms with Crippen LogP contribution < -0.4 is 14.4 Å². The highest BCUT2D eigenvalue weighted by molar-refractivity contribution is 5.72. The summed E-state index contributed by atoms with van der Waals surface area (Å²) in [5.41, 5.74) is 0.526. The lowest BCUT2D eigenvalue weighted by Gasteiger charge is -2.33. The number of hydrogen-bond donors (Lipinski definition) is 1. The van der Waals surface area contributed by atoms with E-state index in [1.807, 2.05) is 11.8 Å². The van der Waals surface area contributed by atoms with E-state index in [2.05, 4.69) is 11.9 Å². The summed E-state index contributed by atoms with van der Waals surface area (Å²) in [4.78, 5) is 17.2. The number of carboxylic acid groups (broad SMARTS) is 1. The third-order valence-corrected chi connectivity index (χ3v) is 6.06. The van der Waals surface area contributed by atoms with Crippen molar-refractivity contribution in [2.45, 2.75) is 58.8 Å². The first kappa shape index (κ1) is 25.7. The number of ether oxygens (including phenoxy) is 2. The van der Waals surface area contributed by atoms with Gasteiger partial charge in [-0.15, -0.1) is 0 Å². The first-order valence-corrected chi connectivity index (χ1v) is 12.2.